The second kappa shape index (κ2) is 12.3. The van der Waals surface area contributed by atoms with Crippen LogP contribution in [0.1, 0.15) is 68.8 Å². The fraction of sp³-hybridized carbons (Fsp3) is 0.467. The van der Waals surface area contributed by atoms with Gasteiger partial charge in [-0.25, -0.2) is 0 Å². The molecule has 0 saturated heterocycles. The van der Waals surface area contributed by atoms with Crippen molar-refractivity contribution in [2.75, 3.05) is 39.4 Å². The van der Waals surface area contributed by atoms with Crippen molar-refractivity contribution >= 4 is 32.8 Å². The fourth-order valence-electron chi connectivity index (χ4n) is 4.85. The van der Waals surface area contributed by atoms with Gasteiger partial charge in [-0.2, -0.15) is 0 Å². The predicted octanol–water partition coefficient (Wildman–Crippen LogP) is 6.27. The molecule has 204 valence electrons. The third kappa shape index (κ3) is 5.76. The van der Waals surface area contributed by atoms with Crippen LogP contribution < -0.4 is 14.9 Å². The zero-order valence-corrected chi connectivity index (χ0v) is 24.5. The summed E-state index contributed by atoms with van der Waals surface area (Å²) in [6, 6.07) is 10.4. The molecular weight excluding hydrogens is 548 g/mol. The predicted molar refractivity (Wildman–Crippen MR) is 153 cm³/mol. The molecule has 0 spiro atoms. The molecule has 1 amide bonds. The lowest BCUT2D eigenvalue weighted by molar-refractivity contribution is 0.0708. The summed E-state index contributed by atoms with van der Waals surface area (Å²) in [5.41, 5.74) is 1.37. The zero-order chi connectivity index (χ0) is 27.4. The van der Waals surface area contributed by atoms with Gasteiger partial charge >= 0.3 is 0 Å². The Morgan fingerprint density at radius 1 is 1.03 bits per heavy atom. The van der Waals surface area contributed by atoms with E-state index in [2.05, 4.69) is 48.5 Å². The van der Waals surface area contributed by atoms with E-state index in [0.29, 0.717) is 60.3 Å². The summed E-state index contributed by atoms with van der Waals surface area (Å²) in [6.07, 6.45) is 0.931. The van der Waals surface area contributed by atoms with Crippen LogP contribution in [-0.2, 0) is 0 Å². The SMILES string of the molecule is CCOc1cc(C2c3c(oc4ccc(Br)cc4c3=O)C(=O)N2CCN(CC)CC)ccc1OCCC(C)C. The van der Waals surface area contributed by atoms with Crippen LogP contribution in [0.5, 0.6) is 11.5 Å². The number of rotatable bonds is 12. The highest BCUT2D eigenvalue weighted by Gasteiger charge is 2.43. The first-order chi connectivity index (χ1) is 18.3. The van der Waals surface area contributed by atoms with E-state index >= 15 is 0 Å². The summed E-state index contributed by atoms with van der Waals surface area (Å²) in [5.74, 6) is 1.63. The number of halogens is 1. The molecule has 0 fully saturated rings. The monoisotopic (exact) mass is 584 g/mol. The number of carbonyl (C=O) groups is 1. The van der Waals surface area contributed by atoms with Crippen LogP contribution in [-0.4, -0.2) is 55.1 Å². The van der Waals surface area contributed by atoms with Gasteiger partial charge in [0.15, 0.2) is 16.9 Å². The molecular formula is C30H37BrN2O5. The van der Waals surface area contributed by atoms with Crippen molar-refractivity contribution in [2.45, 2.75) is 47.1 Å². The van der Waals surface area contributed by atoms with Crippen LogP contribution in [0.2, 0.25) is 0 Å². The minimum absolute atomic E-state index is 0.115. The van der Waals surface area contributed by atoms with Crippen molar-refractivity contribution in [3.05, 3.63) is 68.0 Å². The van der Waals surface area contributed by atoms with Crippen LogP contribution in [0.4, 0.5) is 0 Å². The van der Waals surface area contributed by atoms with Crippen LogP contribution in [0.15, 0.2) is 50.1 Å². The van der Waals surface area contributed by atoms with Gasteiger partial charge in [0, 0.05) is 17.6 Å². The standard InChI is InChI=1S/C30H37BrN2O5/c1-6-32(7-2)14-15-33-27(20-9-11-24(25(17-20)36-8-3)37-16-13-19(4)5)26-28(34)22-18-21(31)10-12-23(22)38-29(26)30(33)35/h9-12,17-19,27H,6-8,13-16H2,1-5H3. The third-order valence-electron chi connectivity index (χ3n) is 7.02. The maximum absolute atomic E-state index is 13.9. The number of benzene rings is 2. The van der Waals surface area contributed by atoms with Crippen molar-refractivity contribution in [1.82, 2.24) is 9.80 Å². The Morgan fingerprint density at radius 2 is 1.79 bits per heavy atom. The molecule has 7 nitrogen and oxygen atoms in total. The molecule has 4 rings (SSSR count). The summed E-state index contributed by atoms with van der Waals surface area (Å²) in [6.45, 7) is 14.4. The molecule has 1 aliphatic heterocycles. The van der Waals surface area contributed by atoms with Gasteiger partial charge in [0.05, 0.1) is 30.2 Å². The summed E-state index contributed by atoms with van der Waals surface area (Å²) in [7, 11) is 0. The number of hydrogen-bond donors (Lipinski definition) is 0. The summed E-state index contributed by atoms with van der Waals surface area (Å²) >= 11 is 3.46. The summed E-state index contributed by atoms with van der Waals surface area (Å²) < 4.78 is 18.9. The molecule has 0 radical (unpaired) electrons. The average Bonchev–Trinajstić information content (AvgIpc) is 3.17. The minimum atomic E-state index is -0.586. The van der Waals surface area contributed by atoms with E-state index in [1.165, 1.54) is 0 Å². The first kappa shape index (κ1) is 28.2. The Kier molecular flexibility index (Phi) is 9.15. The number of nitrogens with zero attached hydrogens (tertiary/aromatic N) is 2. The van der Waals surface area contributed by atoms with Gasteiger partial charge < -0.3 is 23.7 Å². The molecule has 1 aliphatic rings. The van der Waals surface area contributed by atoms with E-state index in [1.807, 2.05) is 25.1 Å². The number of fused-ring (bicyclic) bond motifs is 2. The summed E-state index contributed by atoms with van der Waals surface area (Å²) in [5, 5.41) is 0.445. The van der Waals surface area contributed by atoms with Gasteiger partial charge in [0.2, 0.25) is 5.76 Å². The van der Waals surface area contributed by atoms with Crippen LogP contribution >= 0.6 is 15.9 Å². The Hall–Kier alpha value is -2.84. The normalized spacial score (nSPS) is 15.1. The highest BCUT2D eigenvalue weighted by Crippen LogP contribution is 2.41. The van der Waals surface area contributed by atoms with Crippen LogP contribution in [0, 0.1) is 5.92 Å². The Balaban J connectivity index is 1.82. The molecule has 2 aromatic carbocycles. The smallest absolute Gasteiger partial charge is 0.290 e. The maximum Gasteiger partial charge on any atom is 0.290 e. The van der Waals surface area contributed by atoms with Crippen LogP contribution in [0.3, 0.4) is 0 Å². The molecule has 38 heavy (non-hydrogen) atoms. The first-order valence-electron chi connectivity index (χ1n) is 13.5. The summed E-state index contributed by atoms with van der Waals surface area (Å²) in [4.78, 5) is 31.6. The number of likely N-dealkylation sites (N-methyl/N-ethyl adjacent to an activating group) is 1. The van der Waals surface area contributed by atoms with Crippen molar-refractivity contribution in [3.63, 3.8) is 0 Å². The lowest BCUT2D eigenvalue weighted by Gasteiger charge is -2.28. The molecule has 2 heterocycles. The zero-order valence-electron chi connectivity index (χ0n) is 22.9. The third-order valence-corrected chi connectivity index (χ3v) is 7.51. The molecule has 0 aliphatic carbocycles. The van der Waals surface area contributed by atoms with Gasteiger partial charge in [-0.1, -0.05) is 49.7 Å². The minimum Gasteiger partial charge on any atom is -0.490 e. The number of amides is 1. The van der Waals surface area contributed by atoms with E-state index in [0.717, 1.165) is 29.5 Å². The highest BCUT2D eigenvalue weighted by molar-refractivity contribution is 9.10. The van der Waals surface area contributed by atoms with E-state index in [-0.39, 0.29) is 17.1 Å². The molecule has 8 heteroatoms. The van der Waals surface area contributed by atoms with E-state index < -0.39 is 6.04 Å². The Labute approximate surface area is 232 Å². The van der Waals surface area contributed by atoms with E-state index in [9.17, 15) is 9.59 Å². The quantitative estimate of drug-likeness (QED) is 0.250. The van der Waals surface area contributed by atoms with Crippen molar-refractivity contribution in [1.29, 1.82) is 0 Å². The molecule has 0 saturated carbocycles. The van der Waals surface area contributed by atoms with Gasteiger partial charge in [0.25, 0.3) is 5.91 Å². The van der Waals surface area contributed by atoms with Crippen LogP contribution in [0.25, 0.3) is 11.0 Å². The molecule has 3 aromatic rings. The molecule has 1 atom stereocenters. The maximum atomic E-state index is 13.9. The molecule has 1 aromatic heterocycles. The number of hydrogen-bond acceptors (Lipinski definition) is 6. The second-order valence-corrected chi connectivity index (χ2v) is 10.8. The number of ether oxygens (including phenoxy) is 2. The number of carbonyl (C=O) groups excluding carboxylic acids is 1. The fourth-order valence-corrected chi connectivity index (χ4v) is 5.21. The van der Waals surface area contributed by atoms with E-state index in [4.69, 9.17) is 13.9 Å². The van der Waals surface area contributed by atoms with Gasteiger partial charge in [-0.05, 0) is 68.2 Å². The highest BCUT2D eigenvalue weighted by atomic mass is 79.9. The molecule has 0 bridgehead atoms. The van der Waals surface area contributed by atoms with Gasteiger partial charge in [0.1, 0.15) is 5.58 Å². The van der Waals surface area contributed by atoms with Gasteiger partial charge in [-0.15, -0.1) is 0 Å². The van der Waals surface area contributed by atoms with E-state index in [1.54, 1.807) is 23.1 Å². The van der Waals surface area contributed by atoms with Crippen molar-refractivity contribution in [2.24, 2.45) is 5.92 Å². The molecule has 0 N–H and O–H groups in total. The average molecular weight is 586 g/mol. The van der Waals surface area contributed by atoms with Gasteiger partial charge in [-0.3, -0.25) is 9.59 Å². The first-order valence-corrected chi connectivity index (χ1v) is 14.3. The van der Waals surface area contributed by atoms with Crippen molar-refractivity contribution < 1.29 is 18.7 Å². The second-order valence-electron chi connectivity index (χ2n) is 9.91. The largest absolute Gasteiger partial charge is 0.490 e. The Bertz CT molecular complexity index is 1350. The molecule has 1 unspecified atom stereocenters. The lowest BCUT2D eigenvalue weighted by atomic mass is 9.98. The lowest BCUT2D eigenvalue weighted by Crippen LogP contribution is -2.37. The Morgan fingerprint density at radius 3 is 2.47 bits per heavy atom. The van der Waals surface area contributed by atoms with Crippen molar-refractivity contribution in [3.8, 4) is 11.5 Å². The topological polar surface area (TPSA) is 72.2 Å².